The monoisotopic (exact) mass is 308 g/mol. The Morgan fingerprint density at radius 3 is 2.00 bits per heavy atom. The van der Waals surface area contributed by atoms with Crippen molar-refractivity contribution in [2.45, 2.75) is 6.92 Å². The summed E-state index contributed by atoms with van der Waals surface area (Å²) in [6, 6.07) is 25.6. The van der Waals surface area contributed by atoms with Gasteiger partial charge in [-0.2, -0.15) is 0 Å². The maximum Gasteiger partial charge on any atom is 0.100 e. The third-order valence-electron chi connectivity index (χ3n) is 4.80. The fraction of sp³-hybridized carbons (Fsp3) is 0.0455. The molecular formula is C22H16N2. The molecule has 0 N–H and O–H groups in total. The third kappa shape index (κ3) is 1.74. The molecule has 5 aromatic rings. The van der Waals surface area contributed by atoms with Crippen LogP contribution in [0.1, 0.15) is 5.56 Å². The number of aryl methyl sites for hydroxylation is 1. The minimum Gasteiger partial charge on any atom is -0.298 e. The lowest BCUT2D eigenvalue weighted by Gasteiger charge is -2.11. The van der Waals surface area contributed by atoms with E-state index in [4.69, 9.17) is 4.98 Å². The summed E-state index contributed by atoms with van der Waals surface area (Å²) in [7, 11) is 0. The minimum absolute atomic E-state index is 1.06. The fourth-order valence-corrected chi connectivity index (χ4v) is 3.67. The maximum atomic E-state index is 4.78. The van der Waals surface area contributed by atoms with Gasteiger partial charge in [0.2, 0.25) is 0 Å². The fourth-order valence-electron chi connectivity index (χ4n) is 3.67. The van der Waals surface area contributed by atoms with Crippen molar-refractivity contribution in [3.8, 4) is 5.69 Å². The molecule has 1 heterocycles. The highest BCUT2D eigenvalue weighted by atomic mass is 15.1. The number of hydrogen-bond donors (Lipinski definition) is 0. The molecule has 0 aliphatic carbocycles. The Balaban J connectivity index is 2.05. The Labute approximate surface area is 140 Å². The lowest BCUT2D eigenvalue weighted by Crippen LogP contribution is -1.95. The van der Waals surface area contributed by atoms with Crippen LogP contribution >= 0.6 is 0 Å². The van der Waals surface area contributed by atoms with Gasteiger partial charge in [0, 0.05) is 10.8 Å². The van der Waals surface area contributed by atoms with Gasteiger partial charge < -0.3 is 0 Å². The smallest absolute Gasteiger partial charge is 0.100 e. The van der Waals surface area contributed by atoms with Gasteiger partial charge in [0.25, 0.3) is 0 Å². The molecule has 0 fully saturated rings. The lowest BCUT2D eigenvalue weighted by atomic mass is 10.00. The van der Waals surface area contributed by atoms with Gasteiger partial charge in [0.1, 0.15) is 6.33 Å². The van der Waals surface area contributed by atoms with Gasteiger partial charge in [-0.05, 0) is 29.3 Å². The summed E-state index contributed by atoms with van der Waals surface area (Å²) in [6.45, 7) is 2.14. The Morgan fingerprint density at radius 2 is 1.25 bits per heavy atom. The average Bonchev–Trinajstić information content (AvgIpc) is 3.08. The van der Waals surface area contributed by atoms with Crippen molar-refractivity contribution in [2.24, 2.45) is 0 Å². The van der Waals surface area contributed by atoms with E-state index in [1.54, 1.807) is 0 Å². The molecule has 5 rings (SSSR count). The van der Waals surface area contributed by atoms with Gasteiger partial charge in [-0.3, -0.25) is 4.57 Å². The Kier molecular flexibility index (Phi) is 2.74. The largest absolute Gasteiger partial charge is 0.298 e. The van der Waals surface area contributed by atoms with E-state index in [-0.39, 0.29) is 0 Å². The molecule has 0 radical (unpaired) electrons. The molecule has 24 heavy (non-hydrogen) atoms. The van der Waals surface area contributed by atoms with Crippen molar-refractivity contribution in [1.29, 1.82) is 0 Å². The number of hydrogen-bond acceptors (Lipinski definition) is 1. The van der Waals surface area contributed by atoms with Gasteiger partial charge in [-0.1, -0.05) is 66.7 Å². The molecule has 2 heteroatoms. The summed E-state index contributed by atoms with van der Waals surface area (Å²) < 4.78 is 2.22. The molecule has 0 spiro atoms. The quantitative estimate of drug-likeness (QED) is 0.366. The van der Waals surface area contributed by atoms with Gasteiger partial charge in [0.05, 0.1) is 16.7 Å². The summed E-state index contributed by atoms with van der Waals surface area (Å²) in [6.07, 6.45) is 1.95. The molecule has 4 aromatic carbocycles. The van der Waals surface area contributed by atoms with Crippen molar-refractivity contribution in [2.75, 3.05) is 0 Å². The van der Waals surface area contributed by atoms with Crippen molar-refractivity contribution in [3.63, 3.8) is 0 Å². The van der Waals surface area contributed by atoms with Crippen LogP contribution in [0.4, 0.5) is 0 Å². The predicted molar refractivity (Wildman–Crippen MR) is 101 cm³/mol. The first-order valence-electron chi connectivity index (χ1n) is 8.17. The highest BCUT2D eigenvalue weighted by Gasteiger charge is 2.14. The summed E-state index contributed by atoms with van der Waals surface area (Å²) in [5.74, 6) is 0. The number of nitrogens with zero attached hydrogens (tertiary/aromatic N) is 2. The second-order valence-corrected chi connectivity index (χ2v) is 6.19. The zero-order chi connectivity index (χ0) is 16.1. The van der Waals surface area contributed by atoms with E-state index < -0.39 is 0 Å². The second-order valence-electron chi connectivity index (χ2n) is 6.19. The number of fused-ring (bicyclic) bond motifs is 6. The van der Waals surface area contributed by atoms with Crippen LogP contribution in [0.25, 0.3) is 38.3 Å². The maximum absolute atomic E-state index is 4.78. The van der Waals surface area contributed by atoms with Crippen LogP contribution in [0.5, 0.6) is 0 Å². The number of imidazole rings is 1. The van der Waals surface area contributed by atoms with Crippen molar-refractivity contribution in [3.05, 3.63) is 84.7 Å². The first-order valence-corrected chi connectivity index (χ1v) is 8.17. The predicted octanol–water partition coefficient (Wildman–Crippen LogP) is 5.64. The van der Waals surface area contributed by atoms with Gasteiger partial charge in [-0.25, -0.2) is 4.98 Å². The molecule has 0 bridgehead atoms. The van der Waals surface area contributed by atoms with Gasteiger partial charge in [0.15, 0.2) is 0 Å². The summed E-state index contributed by atoms with van der Waals surface area (Å²) >= 11 is 0. The van der Waals surface area contributed by atoms with E-state index in [0.29, 0.717) is 0 Å². The molecule has 0 atom stereocenters. The van der Waals surface area contributed by atoms with Crippen molar-refractivity contribution in [1.82, 2.24) is 9.55 Å². The zero-order valence-electron chi connectivity index (χ0n) is 13.4. The number of para-hydroxylation sites is 1. The van der Waals surface area contributed by atoms with E-state index in [0.717, 1.165) is 5.52 Å². The van der Waals surface area contributed by atoms with Crippen molar-refractivity contribution < 1.29 is 0 Å². The van der Waals surface area contributed by atoms with E-state index >= 15 is 0 Å². The Bertz CT molecular complexity index is 1210. The third-order valence-corrected chi connectivity index (χ3v) is 4.80. The molecule has 0 saturated heterocycles. The molecule has 0 unspecified atom stereocenters. The van der Waals surface area contributed by atoms with Crippen LogP contribution in [0.15, 0.2) is 79.1 Å². The van der Waals surface area contributed by atoms with Gasteiger partial charge >= 0.3 is 0 Å². The summed E-state index contributed by atoms with van der Waals surface area (Å²) in [5, 5.41) is 4.98. The first kappa shape index (κ1) is 13.3. The van der Waals surface area contributed by atoms with E-state index in [1.807, 2.05) is 6.33 Å². The standard InChI is InChI=1S/C22H16N2/c1-15-8-2-7-13-20(15)24-14-23-21-18-11-5-3-9-16(18)17-10-4-6-12-19(17)22(21)24/h2-14H,1H3. The van der Waals surface area contributed by atoms with E-state index in [1.165, 1.54) is 38.3 Å². The molecule has 2 nitrogen and oxygen atoms in total. The molecular weight excluding hydrogens is 292 g/mol. The molecule has 0 aliphatic rings. The molecule has 1 aromatic heterocycles. The van der Waals surface area contributed by atoms with Crippen LogP contribution in [-0.4, -0.2) is 9.55 Å². The summed E-state index contributed by atoms with van der Waals surface area (Å²) in [5.41, 5.74) is 4.67. The van der Waals surface area contributed by atoms with Crippen LogP contribution < -0.4 is 0 Å². The van der Waals surface area contributed by atoms with Gasteiger partial charge in [-0.15, -0.1) is 0 Å². The Morgan fingerprint density at radius 1 is 0.667 bits per heavy atom. The lowest BCUT2D eigenvalue weighted by molar-refractivity contribution is 1.08. The minimum atomic E-state index is 1.06. The van der Waals surface area contributed by atoms with Crippen LogP contribution in [0, 0.1) is 6.92 Å². The highest BCUT2D eigenvalue weighted by molar-refractivity contribution is 6.23. The first-order chi connectivity index (χ1) is 11.8. The molecule has 0 amide bonds. The normalized spacial score (nSPS) is 11.5. The average molecular weight is 308 g/mol. The summed E-state index contributed by atoms with van der Waals surface area (Å²) in [4.78, 5) is 4.78. The van der Waals surface area contributed by atoms with Crippen LogP contribution in [-0.2, 0) is 0 Å². The highest BCUT2D eigenvalue weighted by Crippen LogP contribution is 2.35. The topological polar surface area (TPSA) is 17.8 Å². The van der Waals surface area contributed by atoms with E-state index in [9.17, 15) is 0 Å². The molecule has 114 valence electrons. The SMILES string of the molecule is Cc1ccccc1-n1cnc2c3ccccc3c3ccccc3c21. The molecule has 0 saturated carbocycles. The van der Waals surface area contributed by atoms with Crippen molar-refractivity contribution >= 4 is 32.6 Å². The number of benzene rings is 4. The van der Waals surface area contributed by atoms with Crippen LogP contribution in [0.2, 0.25) is 0 Å². The Hall–Kier alpha value is -3.13. The molecule has 0 aliphatic heterocycles. The van der Waals surface area contributed by atoms with Crippen LogP contribution in [0.3, 0.4) is 0 Å². The zero-order valence-corrected chi connectivity index (χ0v) is 13.4. The van der Waals surface area contributed by atoms with E-state index in [2.05, 4.69) is 84.3 Å². The second kappa shape index (κ2) is 4.93. The number of aromatic nitrogens is 2. The number of rotatable bonds is 1.